The minimum absolute atomic E-state index is 0.229. The van der Waals surface area contributed by atoms with Crippen molar-refractivity contribution < 1.29 is 0 Å². The highest BCUT2D eigenvalue weighted by Gasteiger charge is 2.45. The lowest BCUT2D eigenvalue weighted by Crippen LogP contribution is -2.28. The van der Waals surface area contributed by atoms with Gasteiger partial charge >= 0.3 is 0 Å². The van der Waals surface area contributed by atoms with Crippen molar-refractivity contribution >= 4 is 32.3 Å². The van der Waals surface area contributed by atoms with Crippen molar-refractivity contribution in [3.63, 3.8) is 0 Å². The molecule has 0 amide bonds. The maximum Gasteiger partial charge on any atom is 0.0349 e. The topological polar surface area (TPSA) is 0 Å². The van der Waals surface area contributed by atoms with Gasteiger partial charge in [0, 0.05) is 35.5 Å². The van der Waals surface area contributed by atoms with Crippen LogP contribution in [-0.2, 0) is 0 Å². The van der Waals surface area contributed by atoms with Gasteiger partial charge in [-0.1, -0.05) is 146 Å². The van der Waals surface area contributed by atoms with Crippen LogP contribution in [0.2, 0.25) is 0 Å². The third-order valence-corrected chi connectivity index (χ3v) is 16.1. The van der Waals surface area contributed by atoms with Crippen molar-refractivity contribution in [1.82, 2.24) is 0 Å². The molecule has 0 saturated heterocycles. The van der Waals surface area contributed by atoms with Crippen LogP contribution in [0.1, 0.15) is 136 Å². The Morgan fingerprint density at radius 2 is 0.267 bits per heavy atom. The van der Waals surface area contributed by atoms with Crippen LogP contribution in [0.15, 0.2) is 182 Å². The van der Waals surface area contributed by atoms with Gasteiger partial charge in [-0.2, -0.15) is 0 Å². The molecule has 10 aromatic rings. The molecule has 0 aromatic heterocycles. The van der Waals surface area contributed by atoms with Gasteiger partial charge in [-0.15, -0.1) is 0 Å². The van der Waals surface area contributed by atoms with Crippen LogP contribution in [0.3, 0.4) is 0 Å². The molecule has 6 bridgehead atoms. The van der Waals surface area contributed by atoms with Crippen molar-refractivity contribution in [2.45, 2.75) is 35.5 Å². The minimum Gasteiger partial charge on any atom is -0.0619 e. The van der Waals surface area contributed by atoms with Crippen LogP contribution in [-0.4, -0.2) is 0 Å². The lowest BCUT2D eigenvalue weighted by atomic mass is 9.59. The fourth-order valence-corrected chi connectivity index (χ4v) is 14.0. The third kappa shape index (κ3) is 3.49. The first kappa shape index (κ1) is 31.0. The van der Waals surface area contributed by atoms with Crippen LogP contribution < -0.4 is 0 Å². The molecule has 0 atom stereocenters. The second kappa shape index (κ2) is 10.6. The molecule has 9 aliphatic carbocycles. The summed E-state index contributed by atoms with van der Waals surface area (Å²) in [7, 11) is 0. The van der Waals surface area contributed by atoms with Gasteiger partial charge in [0.05, 0.1) is 0 Å². The van der Waals surface area contributed by atoms with E-state index in [1.54, 1.807) is 0 Å². The molecule has 60 heavy (non-hydrogen) atoms. The van der Waals surface area contributed by atoms with Gasteiger partial charge in [-0.3, -0.25) is 0 Å². The van der Waals surface area contributed by atoms with Gasteiger partial charge in [-0.05, 0) is 169 Å². The van der Waals surface area contributed by atoms with E-state index in [2.05, 4.69) is 182 Å². The third-order valence-electron chi connectivity index (χ3n) is 16.1. The molecule has 9 aliphatic rings. The Hall–Kier alpha value is -7.02. The Balaban J connectivity index is 1.06. The monoisotopic (exact) mass is 756 g/mol. The molecular formula is C60H36. The fraction of sp³-hybridized carbons (Fsp3) is 0.100. The molecule has 0 heterocycles. The molecule has 0 nitrogen and oxygen atoms in total. The Bertz CT molecular complexity index is 2870. The molecule has 276 valence electrons. The predicted octanol–water partition coefficient (Wildman–Crippen LogP) is 14.1. The Morgan fingerprint density at radius 1 is 0.150 bits per heavy atom. The molecule has 0 aliphatic heterocycles. The highest BCUT2D eigenvalue weighted by molar-refractivity contribution is 6.26. The molecule has 0 radical (unpaired) electrons. The van der Waals surface area contributed by atoms with Crippen molar-refractivity contribution in [2.75, 3.05) is 0 Å². The largest absolute Gasteiger partial charge is 0.0619 e. The zero-order chi connectivity index (χ0) is 38.5. The van der Waals surface area contributed by atoms with Crippen molar-refractivity contribution in [3.8, 4) is 0 Å². The molecule has 0 spiro atoms. The van der Waals surface area contributed by atoms with E-state index in [1.807, 2.05) is 0 Å². The van der Waals surface area contributed by atoms with Gasteiger partial charge < -0.3 is 0 Å². The molecule has 0 N–H and O–H groups in total. The Morgan fingerprint density at radius 3 is 0.383 bits per heavy atom. The van der Waals surface area contributed by atoms with E-state index in [1.165, 1.54) is 132 Å². The summed E-state index contributed by atoms with van der Waals surface area (Å²) in [4.78, 5) is 0. The quantitative estimate of drug-likeness (QED) is 0.135. The molecule has 0 unspecified atom stereocenters. The first-order chi connectivity index (χ1) is 29.8. The van der Waals surface area contributed by atoms with E-state index in [4.69, 9.17) is 0 Å². The molecule has 0 saturated carbocycles. The highest BCUT2D eigenvalue weighted by atomic mass is 14.5. The van der Waals surface area contributed by atoms with E-state index in [0.29, 0.717) is 0 Å². The lowest BCUT2D eigenvalue weighted by Gasteiger charge is -2.43. The summed E-state index contributed by atoms with van der Waals surface area (Å²) in [5.41, 5.74) is 26.6. The first-order valence-electron chi connectivity index (χ1n) is 21.9. The summed E-state index contributed by atoms with van der Waals surface area (Å²) in [5.74, 6) is 1.37. The first-order valence-corrected chi connectivity index (χ1v) is 21.9. The number of benzene rings is 10. The molecule has 19 rings (SSSR count). The summed E-state index contributed by atoms with van der Waals surface area (Å²) in [5, 5.41) is 8.37. The smallest absolute Gasteiger partial charge is 0.0349 e. The van der Waals surface area contributed by atoms with Gasteiger partial charge in [0.15, 0.2) is 0 Å². The second-order valence-corrected chi connectivity index (χ2v) is 18.5. The van der Waals surface area contributed by atoms with Crippen LogP contribution in [0.4, 0.5) is 0 Å². The summed E-state index contributed by atoms with van der Waals surface area (Å²) >= 11 is 0. The van der Waals surface area contributed by atoms with Crippen molar-refractivity contribution in [3.05, 3.63) is 282 Å². The Kier molecular flexibility index (Phi) is 5.46. The minimum atomic E-state index is 0.229. The predicted molar refractivity (Wildman–Crippen MR) is 243 cm³/mol. The lowest BCUT2D eigenvalue weighted by molar-refractivity contribution is 0.755. The summed E-state index contributed by atoms with van der Waals surface area (Å²) in [6, 6.07) is 71.6. The zero-order valence-corrected chi connectivity index (χ0v) is 32.8. The zero-order valence-electron chi connectivity index (χ0n) is 32.8. The van der Waals surface area contributed by atoms with Crippen LogP contribution >= 0.6 is 0 Å². The number of rotatable bonds is 0. The van der Waals surface area contributed by atoms with Crippen LogP contribution in [0.25, 0.3) is 32.3 Å². The molecular weight excluding hydrogens is 721 g/mol. The van der Waals surface area contributed by atoms with Gasteiger partial charge in [0.1, 0.15) is 0 Å². The maximum atomic E-state index is 2.65. The number of hydrogen-bond acceptors (Lipinski definition) is 0. The SMILES string of the molecule is c1ccc2c(c1)C1c3ccccc3C2c2cc3c(cc21)c1cc2c(cc1c1cc4c(cc31)C1c3ccccc3C4c3ccccc31)C1c3ccccc3C2c2ccccc21. The molecule has 10 aromatic carbocycles. The summed E-state index contributed by atoms with van der Waals surface area (Å²) in [6.45, 7) is 0. The maximum absolute atomic E-state index is 2.65. The van der Waals surface area contributed by atoms with E-state index < -0.39 is 0 Å². The average molecular weight is 757 g/mol. The van der Waals surface area contributed by atoms with E-state index >= 15 is 0 Å². The molecule has 0 heteroatoms. The van der Waals surface area contributed by atoms with E-state index in [9.17, 15) is 0 Å². The Labute approximate surface area is 348 Å². The van der Waals surface area contributed by atoms with Crippen molar-refractivity contribution in [2.24, 2.45) is 0 Å². The van der Waals surface area contributed by atoms with Gasteiger partial charge in [0.25, 0.3) is 0 Å². The van der Waals surface area contributed by atoms with Crippen LogP contribution in [0.5, 0.6) is 0 Å². The average Bonchev–Trinajstić information content (AvgIpc) is 3.32. The summed E-state index contributed by atoms with van der Waals surface area (Å²) in [6.07, 6.45) is 0. The fourth-order valence-electron chi connectivity index (χ4n) is 14.0. The normalized spacial score (nSPS) is 22.0. The molecule has 0 fully saturated rings. The van der Waals surface area contributed by atoms with Crippen molar-refractivity contribution in [1.29, 1.82) is 0 Å². The van der Waals surface area contributed by atoms with Gasteiger partial charge in [0.2, 0.25) is 0 Å². The standard InChI is InChI=1S/C60H36/c1-2-14-32-31(13-1)55-33-15-3-4-16-34(33)56(32)50-26-44-43(25-49(50)55)45-27-51-53(59-37-19-7-5-17-35(37)57(51)36-18-6-8-20-38(36)59)29-47(45)48-30-54-52(28-46(44)48)58-39-21-9-11-23-41(39)60(54)42-24-12-10-22-40(42)58/h1-30,55-60H. The second-order valence-electron chi connectivity index (χ2n) is 18.5. The van der Waals surface area contributed by atoms with Gasteiger partial charge in [-0.25, -0.2) is 0 Å². The number of fused-ring (bicyclic) bond motifs is 6. The van der Waals surface area contributed by atoms with E-state index in [0.717, 1.165) is 0 Å². The van der Waals surface area contributed by atoms with E-state index in [-0.39, 0.29) is 35.5 Å². The highest BCUT2D eigenvalue weighted by Crippen LogP contribution is 2.61. The van der Waals surface area contributed by atoms with Crippen LogP contribution in [0, 0.1) is 0 Å². The number of hydrogen-bond donors (Lipinski definition) is 0. The summed E-state index contributed by atoms with van der Waals surface area (Å²) < 4.78 is 0.